The predicted octanol–water partition coefficient (Wildman–Crippen LogP) is 2.40. The van der Waals surface area contributed by atoms with E-state index >= 15 is 0 Å². The number of aryl methyl sites for hydroxylation is 1. The van der Waals surface area contributed by atoms with E-state index in [-0.39, 0.29) is 0 Å². The number of hydrogen-bond acceptors (Lipinski definition) is 3. The smallest absolute Gasteiger partial charge is 0.124 e. The van der Waals surface area contributed by atoms with E-state index in [9.17, 15) is 0 Å². The quantitative estimate of drug-likeness (QED) is 0.838. The van der Waals surface area contributed by atoms with Gasteiger partial charge in [0, 0.05) is 26.2 Å². The first-order chi connectivity index (χ1) is 9.69. The zero-order valence-electron chi connectivity index (χ0n) is 12.7. The van der Waals surface area contributed by atoms with Crippen molar-refractivity contribution in [3.8, 4) is 5.75 Å². The fourth-order valence-corrected chi connectivity index (χ4v) is 3.41. The van der Waals surface area contributed by atoms with Crippen molar-refractivity contribution in [2.75, 3.05) is 39.8 Å². The molecule has 2 fully saturated rings. The van der Waals surface area contributed by atoms with Crippen molar-refractivity contribution in [1.82, 2.24) is 9.80 Å². The van der Waals surface area contributed by atoms with Crippen LogP contribution in [0.3, 0.4) is 0 Å². The molecule has 2 heterocycles. The second-order valence-electron chi connectivity index (χ2n) is 6.55. The Bertz CT molecular complexity index is 442. The number of piperidine rings is 1. The summed E-state index contributed by atoms with van der Waals surface area (Å²) in [5, 5.41) is 0. The van der Waals surface area contributed by atoms with Gasteiger partial charge in [0.05, 0.1) is 0 Å². The lowest BCUT2D eigenvalue weighted by molar-refractivity contribution is 0.00290. The van der Waals surface area contributed by atoms with E-state index in [0.29, 0.717) is 6.10 Å². The summed E-state index contributed by atoms with van der Waals surface area (Å²) in [6, 6.07) is 8.36. The van der Waals surface area contributed by atoms with Crippen LogP contribution in [0.4, 0.5) is 0 Å². The van der Waals surface area contributed by atoms with Crippen molar-refractivity contribution < 1.29 is 4.74 Å². The summed E-state index contributed by atoms with van der Waals surface area (Å²) in [5.74, 6) is 1.88. The molecule has 1 aromatic carbocycles. The normalized spacial score (nSPS) is 25.4. The zero-order valence-corrected chi connectivity index (χ0v) is 12.7. The maximum atomic E-state index is 6.02. The largest absolute Gasteiger partial charge is 0.488 e. The van der Waals surface area contributed by atoms with Crippen LogP contribution in [0, 0.1) is 12.8 Å². The number of rotatable bonds is 4. The average Bonchev–Trinajstić information content (AvgIpc) is 2.36. The Morgan fingerprint density at radius 1 is 1.25 bits per heavy atom. The second kappa shape index (κ2) is 6.15. The molecule has 0 bridgehead atoms. The van der Waals surface area contributed by atoms with Gasteiger partial charge in [0.15, 0.2) is 0 Å². The molecule has 0 N–H and O–H groups in total. The Hall–Kier alpha value is -1.06. The van der Waals surface area contributed by atoms with Crippen LogP contribution in [0.25, 0.3) is 0 Å². The Morgan fingerprint density at radius 3 is 2.85 bits per heavy atom. The highest BCUT2D eigenvalue weighted by Crippen LogP contribution is 2.22. The van der Waals surface area contributed by atoms with Crippen molar-refractivity contribution >= 4 is 0 Å². The lowest BCUT2D eigenvalue weighted by Crippen LogP contribution is -2.56. The van der Waals surface area contributed by atoms with Crippen molar-refractivity contribution in [3.05, 3.63) is 29.8 Å². The van der Waals surface area contributed by atoms with Gasteiger partial charge in [-0.2, -0.15) is 0 Å². The number of benzene rings is 1. The SMILES string of the molecule is Cc1cccc(OC2CN(C[C@@H]3CCCN(C)C3)C2)c1. The van der Waals surface area contributed by atoms with Crippen LogP contribution in [0.1, 0.15) is 18.4 Å². The summed E-state index contributed by atoms with van der Waals surface area (Å²) in [7, 11) is 2.24. The molecule has 1 atom stereocenters. The van der Waals surface area contributed by atoms with Crippen molar-refractivity contribution in [3.63, 3.8) is 0 Å². The van der Waals surface area contributed by atoms with Crippen LogP contribution >= 0.6 is 0 Å². The van der Waals surface area contributed by atoms with Gasteiger partial charge in [-0.25, -0.2) is 0 Å². The van der Waals surface area contributed by atoms with Crippen LogP contribution < -0.4 is 4.74 Å². The van der Waals surface area contributed by atoms with Gasteiger partial charge in [0.2, 0.25) is 0 Å². The molecule has 2 aliphatic heterocycles. The fraction of sp³-hybridized carbons (Fsp3) is 0.647. The first-order valence-corrected chi connectivity index (χ1v) is 7.83. The predicted molar refractivity (Wildman–Crippen MR) is 82.3 cm³/mol. The molecule has 1 aromatic rings. The highest BCUT2D eigenvalue weighted by Gasteiger charge is 2.31. The highest BCUT2D eigenvalue weighted by molar-refractivity contribution is 5.27. The maximum Gasteiger partial charge on any atom is 0.124 e. The minimum Gasteiger partial charge on any atom is -0.488 e. The van der Waals surface area contributed by atoms with E-state index in [4.69, 9.17) is 4.74 Å². The first kappa shape index (κ1) is 13.9. The Morgan fingerprint density at radius 2 is 2.10 bits per heavy atom. The number of likely N-dealkylation sites (tertiary alicyclic amines) is 2. The standard InChI is InChI=1S/C17H26N2O/c1-14-5-3-7-16(9-14)20-17-12-19(13-17)11-15-6-4-8-18(2)10-15/h3,5,7,9,15,17H,4,6,8,10-13H2,1-2H3/t15-/m1/s1. The van der Waals surface area contributed by atoms with Gasteiger partial charge < -0.3 is 9.64 Å². The van der Waals surface area contributed by atoms with E-state index in [1.807, 2.05) is 0 Å². The van der Waals surface area contributed by atoms with Crippen molar-refractivity contribution in [1.29, 1.82) is 0 Å². The minimum atomic E-state index is 0.387. The summed E-state index contributed by atoms with van der Waals surface area (Å²) in [6.45, 7) is 8.08. The monoisotopic (exact) mass is 274 g/mol. The molecular weight excluding hydrogens is 248 g/mol. The molecule has 3 rings (SSSR count). The highest BCUT2D eigenvalue weighted by atomic mass is 16.5. The minimum absolute atomic E-state index is 0.387. The van der Waals surface area contributed by atoms with E-state index in [2.05, 4.69) is 48.0 Å². The molecule has 3 heteroatoms. The van der Waals surface area contributed by atoms with E-state index in [0.717, 1.165) is 24.8 Å². The summed E-state index contributed by atoms with van der Waals surface area (Å²) in [6.07, 6.45) is 3.14. The summed E-state index contributed by atoms with van der Waals surface area (Å²) in [4.78, 5) is 5.01. The Labute approximate surface area is 122 Å². The Kier molecular flexibility index (Phi) is 4.27. The molecule has 3 nitrogen and oxygen atoms in total. The van der Waals surface area contributed by atoms with Gasteiger partial charge in [-0.05, 0) is 57.0 Å². The third-order valence-corrected chi connectivity index (χ3v) is 4.45. The van der Waals surface area contributed by atoms with Gasteiger partial charge >= 0.3 is 0 Å². The van der Waals surface area contributed by atoms with Gasteiger partial charge in [-0.3, -0.25) is 4.90 Å². The summed E-state index contributed by atoms with van der Waals surface area (Å²) >= 11 is 0. The Balaban J connectivity index is 1.40. The van der Waals surface area contributed by atoms with Gasteiger partial charge in [0.25, 0.3) is 0 Å². The molecular formula is C17H26N2O. The molecule has 0 aliphatic carbocycles. The summed E-state index contributed by atoms with van der Waals surface area (Å²) in [5.41, 5.74) is 1.27. The zero-order chi connectivity index (χ0) is 13.9. The molecule has 0 radical (unpaired) electrons. The second-order valence-corrected chi connectivity index (χ2v) is 6.55. The van der Waals surface area contributed by atoms with Crippen molar-refractivity contribution in [2.24, 2.45) is 5.92 Å². The molecule has 0 saturated carbocycles. The first-order valence-electron chi connectivity index (χ1n) is 7.83. The van der Waals surface area contributed by atoms with Gasteiger partial charge in [0.1, 0.15) is 11.9 Å². The summed E-state index contributed by atoms with van der Waals surface area (Å²) < 4.78 is 6.02. The molecule has 0 unspecified atom stereocenters. The third-order valence-electron chi connectivity index (χ3n) is 4.45. The molecule has 0 spiro atoms. The van der Waals surface area contributed by atoms with Crippen LogP contribution in [0.5, 0.6) is 5.75 Å². The lowest BCUT2D eigenvalue weighted by Gasteiger charge is -2.42. The van der Waals surface area contributed by atoms with Crippen molar-refractivity contribution in [2.45, 2.75) is 25.9 Å². The third kappa shape index (κ3) is 3.53. The number of hydrogen-bond donors (Lipinski definition) is 0. The van der Waals surface area contributed by atoms with E-state index in [1.54, 1.807) is 0 Å². The van der Waals surface area contributed by atoms with E-state index < -0.39 is 0 Å². The van der Waals surface area contributed by atoms with Crippen LogP contribution in [0.15, 0.2) is 24.3 Å². The van der Waals surface area contributed by atoms with Crippen LogP contribution in [-0.2, 0) is 0 Å². The molecule has 20 heavy (non-hydrogen) atoms. The molecule has 110 valence electrons. The molecule has 2 saturated heterocycles. The van der Waals surface area contributed by atoms with Gasteiger partial charge in [-0.1, -0.05) is 12.1 Å². The average molecular weight is 274 g/mol. The molecule has 2 aliphatic rings. The molecule has 0 amide bonds. The fourth-order valence-electron chi connectivity index (χ4n) is 3.41. The van der Waals surface area contributed by atoms with Crippen LogP contribution in [0.2, 0.25) is 0 Å². The lowest BCUT2D eigenvalue weighted by atomic mass is 9.96. The van der Waals surface area contributed by atoms with Gasteiger partial charge in [-0.15, -0.1) is 0 Å². The number of nitrogens with zero attached hydrogens (tertiary/aromatic N) is 2. The molecule has 0 aromatic heterocycles. The maximum absolute atomic E-state index is 6.02. The van der Waals surface area contributed by atoms with E-state index in [1.165, 1.54) is 38.0 Å². The number of ether oxygens (including phenoxy) is 1. The van der Waals surface area contributed by atoms with Crippen LogP contribution in [-0.4, -0.2) is 55.7 Å². The topological polar surface area (TPSA) is 15.7 Å².